The Bertz CT molecular complexity index is 1150. The van der Waals surface area contributed by atoms with E-state index in [0.717, 1.165) is 12.2 Å². The largest absolute Gasteiger partial charge is 0.506 e. The van der Waals surface area contributed by atoms with Crippen molar-refractivity contribution in [1.82, 2.24) is 15.1 Å². The van der Waals surface area contributed by atoms with Gasteiger partial charge in [-0.3, -0.25) is 4.79 Å². The summed E-state index contributed by atoms with van der Waals surface area (Å²) in [5.74, 6) is 0.848. The van der Waals surface area contributed by atoms with Crippen molar-refractivity contribution in [3.63, 3.8) is 0 Å². The zero-order valence-electron chi connectivity index (χ0n) is 14.6. The van der Waals surface area contributed by atoms with Crippen LogP contribution in [0.3, 0.4) is 0 Å². The quantitative estimate of drug-likeness (QED) is 0.560. The second-order valence-corrected chi connectivity index (χ2v) is 6.02. The van der Waals surface area contributed by atoms with Gasteiger partial charge in [0.2, 0.25) is 5.82 Å². The number of hydrogen-bond donors (Lipinski definition) is 2. The molecule has 4 rings (SSSR count). The third kappa shape index (κ3) is 3.15. The van der Waals surface area contributed by atoms with Gasteiger partial charge in [0, 0.05) is 10.9 Å². The van der Waals surface area contributed by atoms with Crippen LogP contribution in [0.5, 0.6) is 11.5 Å². The van der Waals surface area contributed by atoms with Crippen LogP contribution in [-0.2, 0) is 0 Å². The van der Waals surface area contributed by atoms with Gasteiger partial charge in [-0.25, -0.2) is 0 Å². The van der Waals surface area contributed by atoms with E-state index >= 15 is 0 Å². The van der Waals surface area contributed by atoms with E-state index in [1.54, 1.807) is 24.3 Å². The van der Waals surface area contributed by atoms with Gasteiger partial charge in [0.25, 0.3) is 11.4 Å². The van der Waals surface area contributed by atoms with Gasteiger partial charge in [0.1, 0.15) is 17.1 Å². The molecule has 2 heterocycles. The summed E-state index contributed by atoms with van der Waals surface area (Å²) in [6, 6.07) is 14.2. The first-order valence-corrected chi connectivity index (χ1v) is 8.58. The molecule has 27 heavy (non-hydrogen) atoms. The van der Waals surface area contributed by atoms with Crippen molar-refractivity contribution in [3.8, 4) is 34.3 Å². The Morgan fingerprint density at radius 1 is 1.15 bits per heavy atom. The molecule has 136 valence electrons. The van der Waals surface area contributed by atoms with Crippen LogP contribution in [0.4, 0.5) is 0 Å². The zero-order chi connectivity index (χ0) is 18.8. The number of rotatable bonds is 5. The number of para-hydroxylation sites is 1. The van der Waals surface area contributed by atoms with Gasteiger partial charge in [-0.15, -0.1) is 0 Å². The van der Waals surface area contributed by atoms with E-state index < -0.39 is 5.56 Å². The van der Waals surface area contributed by atoms with Gasteiger partial charge >= 0.3 is 0 Å². The molecule has 0 aliphatic heterocycles. The van der Waals surface area contributed by atoms with Crippen LogP contribution in [0.1, 0.15) is 13.3 Å². The van der Waals surface area contributed by atoms with Crippen molar-refractivity contribution >= 4 is 10.9 Å². The van der Waals surface area contributed by atoms with Crippen molar-refractivity contribution in [3.05, 3.63) is 58.9 Å². The second kappa shape index (κ2) is 6.95. The van der Waals surface area contributed by atoms with Gasteiger partial charge in [0.05, 0.1) is 12.1 Å². The van der Waals surface area contributed by atoms with Gasteiger partial charge in [-0.2, -0.15) is 4.98 Å². The molecular formula is C20H17N3O4. The first-order chi connectivity index (χ1) is 13.2. The van der Waals surface area contributed by atoms with Crippen LogP contribution in [-0.4, -0.2) is 26.8 Å². The molecule has 2 N–H and O–H groups in total. The highest BCUT2D eigenvalue weighted by atomic mass is 16.5. The predicted molar refractivity (Wildman–Crippen MR) is 101 cm³/mol. The summed E-state index contributed by atoms with van der Waals surface area (Å²) in [7, 11) is 0. The van der Waals surface area contributed by atoms with Gasteiger partial charge in [-0.1, -0.05) is 24.2 Å². The van der Waals surface area contributed by atoms with Crippen LogP contribution >= 0.6 is 0 Å². The molecule has 2 aromatic carbocycles. The van der Waals surface area contributed by atoms with E-state index in [1.165, 1.54) is 0 Å². The molecule has 7 heteroatoms. The summed E-state index contributed by atoms with van der Waals surface area (Å²) in [5.41, 5.74) is 0.705. The summed E-state index contributed by atoms with van der Waals surface area (Å²) in [5, 5.41) is 14.9. The highest BCUT2D eigenvalue weighted by molar-refractivity contribution is 5.90. The molecule has 4 aromatic rings. The maximum absolute atomic E-state index is 12.4. The Morgan fingerprint density at radius 2 is 1.93 bits per heavy atom. The normalized spacial score (nSPS) is 11.0. The average Bonchev–Trinajstić information content (AvgIpc) is 3.16. The van der Waals surface area contributed by atoms with E-state index in [4.69, 9.17) is 9.26 Å². The maximum atomic E-state index is 12.4. The molecule has 2 aromatic heterocycles. The number of nitrogens with zero attached hydrogens (tertiary/aromatic N) is 2. The molecule has 0 unspecified atom stereocenters. The topological polar surface area (TPSA) is 101 Å². The Balaban J connectivity index is 1.71. The first-order valence-electron chi connectivity index (χ1n) is 8.58. The van der Waals surface area contributed by atoms with Crippen LogP contribution in [0.2, 0.25) is 0 Å². The molecule has 0 saturated heterocycles. The second-order valence-electron chi connectivity index (χ2n) is 6.02. The van der Waals surface area contributed by atoms with Crippen molar-refractivity contribution in [2.24, 2.45) is 0 Å². The molecule has 0 radical (unpaired) electrons. The number of ether oxygens (including phenoxy) is 1. The Kier molecular flexibility index (Phi) is 4.33. The number of aromatic amines is 1. The van der Waals surface area contributed by atoms with E-state index in [-0.39, 0.29) is 17.2 Å². The third-order valence-corrected chi connectivity index (χ3v) is 4.12. The smallest absolute Gasteiger partial charge is 0.267 e. The van der Waals surface area contributed by atoms with E-state index in [9.17, 15) is 9.90 Å². The molecule has 7 nitrogen and oxygen atoms in total. The van der Waals surface area contributed by atoms with Crippen molar-refractivity contribution in [2.75, 3.05) is 6.61 Å². The van der Waals surface area contributed by atoms with Crippen molar-refractivity contribution in [2.45, 2.75) is 13.3 Å². The first kappa shape index (κ1) is 16.8. The fourth-order valence-corrected chi connectivity index (χ4v) is 2.79. The van der Waals surface area contributed by atoms with Crippen LogP contribution in [0.25, 0.3) is 33.7 Å². The summed E-state index contributed by atoms with van der Waals surface area (Å²) < 4.78 is 10.8. The minimum absolute atomic E-state index is 0.0409. The van der Waals surface area contributed by atoms with Gasteiger partial charge < -0.3 is 19.4 Å². The number of aromatic hydroxyl groups is 1. The summed E-state index contributed by atoms with van der Waals surface area (Å²) in [6.45, 7) is 2.69. The molecule has 0 atom stereocenters. The molecule has 0 saturated carbocycles. The molecule has 0 aliphatic rings. The highest BCUT2D eigenvalue weighted by Gasteiger charge is 2.20. The Hall–Kier alpha value is -3.61. The average molecular weight is 363 g/mol. The van der Waals surface area contributed by atoms with E-state index in [1.807, 2.05) is 31.2 Å². The van der Waals surface area contributed by atoms with Gasteiger partial charge in [0.15, 0.2) is 0 Å². The standard InChI is InChI=1S/C20H17N3O4/c1-2-11-26-13-9-7-12(8-10-13)18-22-20(27-23-18)16-17(24)14-5-3-4-6-15(14)21-19(16)25/h3-10H,2,11H2,1H3,(H2,21,24,25). The van der Waals surface area contributed by atoms with Gasteiger partial charge in [-0.05, 0) is 42.8 Å². The lowest BCUT2D eigenvalue weighted by atomic mass is 10.1. The third-order valence-electron chi connectivity index (χ3n) is 4.12. The van der Waals surface area contributed by atoms with E-state index in [0.29, 0.717) is 28.9 Å². The number of pyridine rings is 1. The Labute approximate surface area is 154 Å². The lowest BCUT2D eigenvalue weighted by Crippen LogP contribution is -2.09. The van der Waals surface area contributed by atoms with Crippen LogP contribution < -0.4 is 10.3 Å². The van der Waals surface area contributed by atoms with Crippen LogP contribution in [0, 0.1) is 0 Å². The summed E-state index contributed by atoms with van der Waals surface area (Å²) in [4.78, 5) is 19.4. The number of fused-ring (bicyclic) bond motifs is 1. The lowest BCUT2D eigenvalue weighted by Gasteiger charge is -2.04. The summed E-state index contributed by atoms with van der Waals surface area (Å²) >= 11 is 0. The molecule has 0 aliphatic carbocycles. The molecule has 0 bridgehead atoms. The van der Waals surface area contributed by atoms with Crippen molar-refractivity contribution in [1.29, 1.82) is 0 Å². The highest BCUT2D eigenvalue weighted by Crippen LogP contribution is 2.32. The molecule has 0 amide bonds. The number of hydrogen-bond acceptors (Lipinski definition) is 6. The zero-order valence-corrected chi connectivity index (χ0v) is 14.6. The molecular weight excluding hydrogens is 346 g/mol. The molecule has 0 spiro atoms. The minimum atomic E-state index is -0.496. The SMILES string of the molecule is CCCOc1ccc(-c2noc(-c3c(O)c4ccccc4[nH]c3=O)n2)cc1. The lowest BCUT2D eigenvalue weighted by molar-refractivity contribution is 0.317. The fourth-order valence-electron chi connectivity index (χ4n) is 2.79. The number of aromatic nitrogens is 3. The number of benzene rings is 2. The predicted octanol–water partition coefficient (Wildman–Crippen LogP) is 3.74. The summed E-state index contributed by atoms with van der Waals surface area (Å²) in [6.07, 6.45) is 0.930. The Morgan fingerprint density at radius 3 is 2.70 bits per heavy atom. The number of H-pyrrole nitrogens is 1. The monoisotopic (exact) mass is 363 g/mol. The number of nitrogens with one attached hydrogen (secondary N) is 1. The fraction of sp³-hybridized carbons (Fsp3) is 0.150. The van der Waals surface area contributed by atoms with Crippen LogP contribution in [0.15, 0.2) is 57.8 Å². The minimum Gasteiger partial charge on any atom is -0.506 e. The van der Waals surface area contributed by atoms with E-state index in [2.05, 4.69) is 15.1 Å². The van der Waals surface area contributed by atoms with Crippen molar-refractivity contribution < 1.29 is 14.4 Å². The molecule has 0 fully saturated rings. The maximum Gasteiger partial charge on any atom is 0.267 e.